The minimum absolute atomic E-state index is 0.0689. The molecule has 2 rings (SSSR count). The van der Waals surface area contributed by atoms with Crippen molar-refractivity contribution in [2.24, 2.45) is 5.10 Å². The third kappa shape index (κ3) is 2.12. The zero-order valence-electron chi connectivity index (χ0n) is 9.57. The number of amides is 2. The summed E-state index contributed by atoms with van der Waals surface area (Å²) in [5, 5.41) is 7.04. The van der Waals surface area contributed by atoms with E-state index in [1.165, 1.54) is 13.3 Å². The van der Waals surface area contributed by atoms with Crippen LogP contribution in [0.1, 0.15) is 11.5 Å². The molecule has 94 valence electrons. The fraction of sp³-hybridized carbons (Fsp3) is 0.182. The van der Waals surface area contributed by atoms with E-state index in [0.29, 0.717) is 0 Å². The van der Waals surface area contributed by atoms with E-state index in [2.05, 4.69) is 10.4 Å². The largest absolute Gasteiger partial charge is 0.343 e. The lowest BCUT2D eigenvalue weighted by atomic mass is 10.0. The quantitative estimate of drug-likeness (QED) is 0.747. The van der Waals surface area contributed by atoms with Crippen LogP contribution in [0.3, 0.4) is 0 Å². The predicted molar refractivity (Wildman–Crippen MR) is 67.9 cm³/mol. The molecule has 1 aliphatic rings. The van der Waals surface area contributed by atoms with E-state index < -0.39 is 22.2 Å². The maximum Gasteiger partial charge on any atom is 0.343 e. The van der Waals surface area contributed by atoms with E-state index in [0.717, 1.165) is 10.6 Å². The highest BCUT2D eigenvalue weighted by Crippen LogP contribution is 2.22. The lowest BCUT2D eigenvalue weighted by Gasteiger charge is -2.13. The Hall–Kier alpha value is -2.15. The third-order valence-corrected chi connectivity index (χ3v) is 3.31. The van der Waals surface area contributed by atoms with Gasteiger partial charge in [0.1, 0.15) is 0 Å². The number of carbonyl (C=O) groups is 1. The van der Waals surface area contributed by atoms with Crippen molar-refractivity contribution in [3.8, 4) is 0 Å². The standard InChI is InChI=1S/C11H11N3O3S/c1-12-11(15)14-10(18(16)17)9(7-13-14)8-5-3-2-4-6-8/h2-7,9H,1H3,(H,12,15). The molecule has 1 unspecified atom stereocenters. The monoisotopic (exact) mass is 265 g/mol. The van der Waals surface area contributed by atoms with Gasteiger partial charge in [-0.1, -0.05) is 30.3 Å². The van der Waals surface area contributed by atoms with E-state index >= 15 is 0 Å². The summed E-state index contributed by atoms with van der Waals surface area (Å²) in [4.78, 5) is 11.4. The summed E-state index contributed by atoms with van der Waals surface area (Å²) in [5.74, 6) is -0.526. The minimum atomic E-state index is -2.52. The molecule has 1 aromatic rings. The normalized spacial score (nSPS) is 17.9. The molecule has 7 heteroatoms. The van der Waals surface area contributed by atoms with Crippen molar-refractivity contribution in [3.63, 3.8) is 0 Å². The molecule has 1 aromatic carbocycles. The van der Waals surface area contributed by atoms with Gasteiger partial charge in [0, 0.05) is 13.3 Å². The van der Waals surface area contributed by atoms with Gasteiger partial charge in [-0.05, 0) is 5.56 Å². The molecule has 0 aliphatic carbocycles. The number of urea groups is 1. The average Bonchev–Trinajstić information content (AvgIpc) is 2.83. The number of rotatable bonds is 1. The summed E-state index contributed by atoms with van der Waals surface area (Å²) in [5.41, 5.74) is 0.770. The van der Waals surface area contributed by atoms with Gasteiger partial charge < -0.3 is 5.32 Å². The Bertz CT molecular complexity index is 614. The maximum atomic E-state index is 11.5. The van der Waals surface area contributed by atoms with Crippen LogP contribution < -0.4 is 5.32 Å². The molecule has 0 radical (unpaired) electrons. The SMILES string of the molecule is CNC(=O)N1N=CC(c2ccccc2)C1=S(=O)=O. The van der Waals surface area contributed by atoms with Crippen LogP contribution in [0.15, 0.2) is 35.4 Å². The molecule has 0 fully saturated rings. The molecule has 18 heavy (non-hydrogen) atoms. The van der Waals surface area contributed by atoms with Crippen molar-refractivity contribution in [2.45, 2.75) is 5.92 Å². The molecule has 0 saturated heterocycles. The number of hydrogen-bond donors (Lipinski definition) is 1. The van der Waals surface area contributed by atoms with E-state index in [9.17, 15) is 13.2 Å². The Morgan fingerprint density at radius 3 is 2.56 bits per heavy atom. The second-order valence-corrected chi connectivity index (χ2v) is 4.48. The lowest BCUT2D eigenvalue weighted by Crippen LogP contribution is -2.38. The third-order valence-electron chi connectivity index (χ3n) is 2.54. The zero-order valence-corrected chi connectivity index (χ0v) is 10.4. The highest BCUT2D eigenvalue weighted by molar-refractivity contribution is 7.73. The Balaban J connectivity index is 2.45. The fourth-order valence-electron chi connectivity index (χ4n) is 1.71. The smallest absolute Gasteiger partial charge is 0.339 e. The van der Waals surface area contributed by atoms with Crippen molar-refractivity contribution in [1.82, 2.24) is 10.3 Å². The van der Waals surface area contributed by atoms with E-state index in [1.807, 2.05) is 6.07 Å². The highest BCUT2D eigenvalue weighted by Gasteiger charge is 2.32. The van der Waals surface area contributed by atoms with Crippen LogP contribution in [-0.2, 0) is 10.3 Å². The van der Waals surface area contributed by atoms with Crippen molar-refractivity contribution >= 4 is 27.5 Å². The lowest BCUT2D eigenvalue weighted by molar-refractivity contribution is 0.225. The van der Waals surface area contributed by atoms with Crippen molar-refractivity contribution in [1.29, 1.82) is 0 Å². The van der Waals surface area contributed by atoms with Gasteiger partial charge in [0.2, 0.25) is 10.3 Å². The predicted octanol–water partition coefficient (Wildman–Crippen LogP) is 0.420. The van der Waals surface area contributed by atoms with Crippen LogP contribution >= 0.6 is 0 Å². The molecule has 1 atom stereocenters. The Morgan fingerprint density at radius 1 is 1.33 bits per heavy atom. The molecule has 0 spiro atoms. The summed E-state index contributed by atoms with van der Waals surface area (Å²) in [6, 6.07) is 8.44. The van der Waals surface area contributed by atoms with Gasteiger partial charge >= 0.3 is 6.03 Å². The first kappa shape index (κ1) is 12.3. The molecule has 0 saturated carbocycles. The summed E-state index contributed by atoms with van der Waals surface area (Å²) in [6.45, 7) is 0. The second kappa shape index (κ2) is 5.01. The van der Waals surface area contributed by atoms with Crippen molar-refractivity contribution < 1.29 is 13.2 Å². The number of nitrogens with one attached hydrogen (secondary N) is 1. The Kier molecular flexibility index (Phi) is 3.42. The number of carbonyl (C=O) groups excluding carboxylic acids is 1. The van der Waals surface area contributed by atoms with Crippen LogP contribution in [0, 0.1) is 0 Å². The first-order valence-electron chi connectivity index (χ1n) is 5.22. The van der Waals surface area contributed by atoms with Gasteiger partial charge in [0.25, 0.3) is 0 Å². The minimum Gasteiger partial charge on any atom is -0.339 e. The van der Waals surface area contributed by atoms with Crippen LogP contribution in [0.2, 0.25) is 0 Å². The molecular weight excluding hydrogens is 254 g/mol. The summed E-state index contributed by atoms with van der Waals surface area (Å²) in [6.07, 6.45) is 1.44. The van der Waals surface area contributed by atoms with Crippen LogP contribution in [0.5, 0.6) is 0 Å². The average molecular weight is 265 g/mol. The molecule has 1 heterocycles. The number of hydrazone groups is 1. The fourth-order valence-corrected chi connectivity index (χ4v) is 2.38. The van der Waals surface area contributed by atoms with Crippen LogP contribution in [0.4, 0.5) is 4.79 Å². The topological polar surface area (TPSA) is 78.8 Å². The van der Waals surface area contributed by atoms with Crippen molar-refractivity contribution in [2.75, 3.05) is 7.05 Å². The van der Waals surface area contributed by atoms with Crippen LogP contribution in [-0.4, -0.2) is 37.7 Å². The highest BCUT2D eigenvalue weighted by atomic mass is 32.2. The van der Waals surface area contributed by atoms with Gasteiger partial charge in [-0.3, -0.25) is 0 Å². The molecule has 1 aliphatic heterocycles. The first-order chi connectivity index (χ1) is 8.65. The maximum absolute atomic E-state index is 11.5. The molecule has 2 amide bonds. The molecule has 6 nitrogen and oxygen atoms in total. The molecule has 0 aromatic heterocycles. The molecule has 1 N–H and O–H groups in total. The van der Waals surface area contributed by atoms with Gasteiger partial charge in [0.05, 0.1) is 5.92 Å². The summed E-state index contributed by atoms with van der Waals surface area (Å²) >= 11 is 0. The number of hydrogen-bond acceptors (Lipinski definition) is 4. The Labute approximate surface area is 105 Å². The number of nitrogens with zero attached hydrogens (tertiary/aromatic N) is 2. The summed E-state index contributed by atoms with van der Waals surface area (Å²) in [7, 11) is -1.10. The van der Waals surface area contributed by atoms with Gasteiger partial charge in [-0.25, -0.2) is 4.79 Å². The van der Waals surface area contributed by atoms with E-state index in [1.54, 1.807) is 24.3 Å². The Morgan fingerprint density at radius 2 is 2.00 bits per heavy atom. The van der Waals surface area contributed by atoms with Gasteiger partial charge in [0.15, 0.2) is 4.99 Å². The van der Waals surface area contributed by atoms with Crippen LogP contribution in [0.25, 0.3) is 0 Å². The molecular formula is C11H11N3O3S. The van der Waals surface area contributed by atoms with Crippen molar-refractivity contribution in [3.05, 3.63) is 35.9 Å². The van der Waals surface area contributed by atoms with E-state index in [-0.39, 0.29) is 4.99 Å². The van der Waals surface area contributed by atoms with Gasteiger partial charge in [-0.15, -0.1) is 0 Å². The zero-order chi connectivity index (χ0) is 13.1. The van der Waals surface area contributed by atoms with Gasteiger partial charge in [-0.2, -0.15) is 18.5 Å². The van der Waals surface area contributed by atoms with E-state index in [4.69, 9.17) is 0 Å². The molecule has 0 bridgehead atoms. The first-order valence-corrected chi connectivity index (χ1v) is 6.29. The summed E-state index contributed by atoms with van der Waals surface area (Å²) < 4.78 is 22.6. The second-order valence-electron chi connectivity index (χ2n) is 3.59. The number of benzene rings is 1.